The summed E-state index contributed by atoms with van der Waals surface area (Å²) in [5.74, 6) is -0.720. The lowest BCUT2D eigenvalue weighted by atomic mass is 10.0. The molecule has 10 heteroatoms. The topological polar surface area (TPSA) is 43.2 Å². The van der Waals surface area contributed by atoms with Gasteiger partial charge in [-0.05, 0) is 30.3 Å². The van der Waals surface area contributed by atoms with Crippen molar-refractivity contribution in [3.05, 3.63) is 52.7 Å². The number of alkyl halides is 1. The third-order valence-electron chi connectivity index (χ3n) is 5.58. The van der Waals surface area contributed by atoms with Crippen LogP contribution in [0, 0.1) is 11.6 Å². The fourth-order valence-electron chi connectivity index (χ4n) is 3.93. The van der Waals surface area contributed by atoms with Gasteiger partial charge in [-0.1, -0.05) is 31.2 Å². The van der Waals surface area contributed by atoms with E-state index >= 15 is 0 Å². The SMILES string of the molecule is C[Si](C)(C)CCOCn1nc(N2CC(F)C[C@@H]2c2cc(F)ccc2F)c2cc(Cl)cnc21. The number of hydrogen-bond donors (Lipinski definition) is 0. The number of ether oxygens (including phenoxy) is 1. The Kier molecular flexibility index (Phi) is 6.51. The third-order valence-corrected chi connectivity index (χ3v) is 7.49. The monoisotopic (exact) mass is 482 g/mol. The summed E-state index contributed by atoms with van der Waals surface area (Å²) in [6, 6.07) is 5.25. The summed E-state index contributed by atoms with van der Waals surface area (Å²) in [7, 11) is -1.24. The maximum atomic E-state index is 14.5. The van der Waals surface area contributed by atoms with Gasteiger partial charge in [-0.3, -0.25) is 0 Å². The van der Waals surface area contributed by atoms with E-state index in [4.69, 9.17) is 16.3 Å². The Balaban J connectivity index is 1.69. The molecule has 1 aliphatic rings. The van der Waals surface area contributed by atoms with Crippen LogP contribution in [-0.2, 0) is 11.5 Å². The van der Waals surface area contributed by atoms with Crippen LogP contribution in [0.2, 0.25) is 30.7 Å². The molecule has 0 aliphatic carbocycles. The smallest absolute Gasteiger partial charge is 0.162 e. The average molecular weight is 483 g/mol. The van der Waals surface area contributed by atoms with E-state index in [1.807, 2.05) is 0 Å². The normalized spacial score (nSPS) is 19.3. The van der Waals surface area contributed by atoms with Gasteiger partial charge in [0.1, 0.15) is 24.5 Å². The van der Waals surface area contributed by atoms with E-state index in [1.54, 1.807) is 15.6 Å². The lowest BCUT2D eigenvalue weighted by Crippen LogP contribution is -2.25. The standard InChI is InChI=1S/C22H26ClF3N4OSi/c1-32(2,3)7-6-31-13-30-21-18(8-14(23)11-27-21)22(28-30)29-12-16(25)10-20(29)17-9-15(24)4-5-19(17)26/h4-5,8-9,11,16,20H,6-7,10,12-13H2,1-3H3/t16?,20-/m1/s1. The second-order valence-electron chi connectivity index (χ2n) is 9.36. The van der Waals surface area contributed by atoms with Gasteiger partial charge >= 0.3 is 0 Å². The number of pyridine rings is 1. The van der Waals surface area contributed by atoms with Crippen molar-refractivity contribution in [2.45, 2.75) is 51.1 Å². The largest absolute Gasteiger partial charge is 0.359 e. The fraction of sp³-hybridized carbons (Fsp3) is 0.455. The Morgan fingerprint density at radius 3 is 2.75 bits per heavy atom. The number of nitrogens with zero attached hydrogens (tertiary/aromatic N) is 4. The molecular weight excluding hydrogens is 457 g/mol. The predicted molar refractivity (Wildman–Crippen MR) is 123 cm³/mol. The van der Waals surface area contributed by atoms with Gasteiger partial charge in [0.15, 0.2) is 11.5 Å². The van der Waals surface area contributed by atoms with Gasteiger partial charge in [-0.25, -0.2) is 22.8 Å². The molecule has 0 N–H and O–H groups in total. The van der Waals surface area contributed by atoms with E-state index in [9.17, 15) is 13.2 Å². The fourth-order valence-corrected chi connectivity index (χ4v) is 4.85. The number of rotatable bonds is 7. The highest BCUT2D eigenvalue weighted by atomic mass is 35.5. The highest BCUT2D eigenvalue weighted by Gasteiger charge is 2.37. The molecule has 1 aliphatic heterocycles. The zero-order chi connectivity index (χ0) is 23.0. The van der Waals surface area contributed by atoms with E-state index in [2.05, 4.69) is 29.7 Å². The van der Waals surface area contributed by atoms with Crippen LogP contribution < -0.4 is 4.90 Å². The van der Waals surface area contributed by atoms with Gasteiger partial charge in [-0.2, -0.15) is 5.10 Å². The van der Waals surface area contributed by atoms with Crippen molar-refractivity contribution in [1.82, 2.24) is 14.8 Å². The second-order valence-corrected chi connectivity index (χ2v) is 15.4. The molecule has 2 atom stereocenters. The van der Waals surface area contributed by atoms with Crippen LogP contribution in [0.1, 0.15) is 18.0 Å². The Morgan fingerprint density at radius 2 is 2.00 bits per heavy atom. The molecule has 5 nitrogen and oxygen atoms in total. The van der Waals surface area contributed by atoms with Crippen molar-refractivity contribution in [3.8, 4) is 0 Å². The van der Waals surface area contributed by atoms with Gasteiger partial charge in [0, 0.05) is 32.9 Å². The summed E-state index contributed by atoms with van der Waals surface area (Å²) in [6.45, 7) is 7.61. The number of hydrogen-bond acceptors (Lipinski definition) is 4. The molecule has 0 spiro atoms. The van der Waals surface area contributed by atoms with Crippen molar-refractivity contribution in [1.29, 1.82) is 0 Å². The van der Waals surface area contributed by atoms with Crippen LogP contribution >= 0.6 is 11.6 Å². The first-order chi connectivity index (χ1) is 15.1. The lowest BCUT2D eigenvalue weighted by molar-refractivity contribution is 0.0814. The maximum Gasteiger partial charge on any atom is 0.162 e. The van der Waals surface area contributed by atoms with Gasteiger partial charge in [0.25, 0.3) is 0 Å². The molecule has 0 amide bonds. The first-order valence-corrected chi connectivity index (χ1v) is 14.7. The molecule has 4 rings (SSSR count). The van der Waals surface area contributed by atoms with E-state index in [0.29, 0.717) is 28.5 Å². The molecular formula is C22H26ClF3N4OSi. The van der Waals surface area contributed by atoms with Crippen molar-refractivity contribution in [2.24, 2.45) is 0 Å². The highest BCUT2D eigenvalue weighted by molar-refractivity contribution is 6.76. The van der Waals surface area contributed by atoms with E-state index in [-0.39, 0.29) is 25.3 Å². The highest BCUT2D eigenvalue weighted by Crippen LogP contribution is 2.41. The molecule has 0 radical (unpaired) electrons. The van der Waals surface area contributed by atoms with Crippen LogP contribution in [0.15, 0.2) is 30.5 Å². The Labute approximate surface area is 191 Å². The minimum atomic E-state index is -1.24. The quantitative estimate of drug-likeness (QED) is 0.307. The van der Waals surface area contributed by atoms with Gasteiger partial charge in [0.2, 0.25) is 0 Å². The summed E-state index contributed by atoms with van der Waals surface area (Å²) < 4.78 is 50.3. The predicted octanol–water partition coefficient (Wildman–Crippen LogP) is 5.96. The zero-order valence-electron chi connectivity index (χ0n) is 18.3. The molecule has 3 heterocycles. The molecule has 1 unspecified atom stereocenters. The van der Waals surface area contributed by atoms with Gasteiger partial charge < -0.3 is 9.64 Å². The zero-order valence-corrected chi connectivity index (χ0v) is 20.0. The Bertz CT molecular complexity index is 1120. The molecule has 3 aromatic rings. The first-order valence-electron chi connectivity index (χ1n) is 10.6. The summed E-state index contributed by atoms with van der Waals surface area (Å²) in [5, 5.41) is 5.65. The lowest BCUT2D eigenvalue weighted by Gasteiger charge is -2.25. The number of aromatic nitrogens is 3. The molecule has 172 valence electrons. The Hall–Kier alpha value is -2.10. The van der Waals surface area contributed by atoms with Crippen molar-refractivity contribution >= 4 is 36.5 Å². The van der Waals surface area contributed by atoms with Crippen molar-refractivity contribution in [3.63, 3.8) is 0 Å². The van der Waals surface area contributed by atoms with Crippen molar-refractivity contribution in [2.75, 3.05) is 18.1 Å². The van der Waals surface area contributed by atoms with Crippen LogP contribution in [-0.4, -0.2) is 42.2 Å². The Morgan fingerprint density at radius 1 is 1.22 bits per heavy atom. The molecule has 2 aromatic heterocycles. The van der Waals surface area contributed by atoms with E-state index in [0.717, 1.165) is 24.2 Å². The minimum absolute atomic E-state index is 0.00965. The number of benzene rings is 1. The van der Waals surface area contributed by atoms with Crippen LogP contribution in [0.4, 0.5) is 19.0 Å². The van der Waals surface area contributed by atoms with Crippen molar-refractivity contribution < 1.29 is 17.9 Å². The van der Waals surface area contributed by atoms with Gasteiger partial charge in [0.05, 0.1) is 23.0 Å². The van der Waals surface area contributed by atoms with E-state index in [1.165, 1.54) is 6.20 Å². The summed E-state index contributed by atoms with van der Waals surface area (Å²) in [6.07, 6.45) is 0.345. The van der Waals surface area contributed by atoms with Crippen LogP contribution in [0.5, 0.6) is 0 Å². The molecule has 0 bridgehead atoms. The number of fused-ring (bicyclic) bond motifs is 1. The third kappa shape index (κ3) is 4.94. The molecule has 0 saturated carbocycles. The molecule has 32 heavy (non-hydrogen) atoms. The minimum Gasteiger partial charge on any atom is -0.359 e. The summed E-state index contributed by atoms with van der Waals surface area (Å²) in [4.78, 5) is 6.06. The molecule has 1 saturated heterocycles. The molecule has 1 fully saturated rings. The van der Waals surface area contributed by atoms with Gasteiger partial charge in [-0.15, -0.1) is 0 Å². The summed E-state index contributed by atoms with van der Waals surface area (Å²) in [5.41, 5.74) is 0.646. The summed E-state index contributed by atoms with van der Waals surface area (Å²) >= 11 is 6.18. The average Bonchev–Trinajstić information content (AvgIpc) is 3.26. The first kappa shape index (κ1) is 23.1. The number of anilines is 1. The second kappa shape index (κ2) is 9.03. The maximum absolute atomic E-state index is 14.5. The van der Waals surface area contributed by atoms with Crippen LogP contribution in [0.3, 0.4) is 0 Å². The van der Waals surface area contributed by atoms with Crippen LogP contribution in [0.25, 0.3) is 11.0 Å². The molecule has 1 aromatic carbocycles. The number of halogens is 4. The van der Waals surface area contributed by atoms with E-state index < -0.39 is 31.9 Å².